The number of aryl methyl sites for hydroxylation is 1. The first kappa shape index (κ1) is 24.6. The van der Waals surface area contributed by atoms with Gasteiger partial charge in [0, 0.05) is 42.2 Å². The van der Waals surface area contributed by atoms with Crippen molar-refractivity contribution in [1.29, 1.82) is 0 Å². The number of benzene rings is 2. The lowest BCUT2D eigenvalue weighted by Gasteiger charge is -2.40. The number of piperidine rings is 2. The molecular formula is C30H38N4O2. The molecule has 1 atom stereocenters. The van der Waals surface area contributed by atoms with Crippen molar-refractivity contribution in [2.24, 2.45) is 11.8 Å². The molecule has 0 bridgehead atoms. The lowest BCUT2D eigenvalue weighted by molar-refractivity contribution is -0.135. The molecule has 2 saturated heterocycles. The zero-order chi connectivity index (χ0) is 25.1. The van der Waals surface area contributed by atoms with Crippen LogP contribution in [0.25, 0.3) is 10.9 Å². The van der Waals surface area contributed by atoms with Crippen LogP contribution in [0.1, 0.15) is 47.2 Å². The topological polar surface area (TPSA) is 68.4 Å². The molecular weight excluding hydrogens is 448 g/mol. The van der Waals surface area contributed by atoms with Crippen LogP contribution in [0.5, 0.6) is 0 Å². The van der Waals surface area contributed by atoms with Gasteiger partial charge in [0.1, 0.15) is 6.04 Å². The van der Waals surface area contributed by atoms with Crippen molar-refractivity contribution >= 4 is 22.7 Å². The zero-order valence-electron chi connectivity index (χ0n) is 21.5. The highest BCUT2D eigenvalue weighted by molar-refractivity contribution is 6.00. The first-order valence-electron chi connectivity index (χ1n) is 13.4. The van der Waals surface area contributed by atoms with Crippen LogP contribution in [-0.4, -0.2) is 65.9 Å². The summed E-state index contributed by atoms with van der Waals surface area (Å²) in [6.45, 7) is 5.98. The minimum absolute atomic E-state index is 0.0332. The normalized spacial score (nSPS) is 18.9. The Bertz CT molecular complexity index is 1190. The van der Waals surface area contributed by atoms with Gasteiger partial charge in [0.05, 0.1) is 0 Å². The summed E-state index contributed by atoms with van der Waals surface area (Å²) in [5.74, 6) is 1.32. The largest absolute Gasteiger partial charge is 0.361 e. The summed E-state index contributed by atoms with van der Waals surface area (Å²) in [6, 6.07) is 15.1. The SMILES string of the molecule is Cc1c[nH]c2cc(C(=O)N[C@H](Cc3ccccc3)C(=O)N3CCC(C4CCN(C)CC4)CC3)ccc12. The number of nitrogens with one attached hydrogen (secondary N) is 2. The Labute approximate surface area is 214 Å². The van der Waals surface area contributed by atoms with E-state index in [9.17, 15) is 9.59 Å². The Morgan fingerprint density at radius 1 is 0.972 bits per heavy atom. The number of likely N-dealkylation sites (tertiary alicyclic amines) is 2. The smallest absolute Gasteiger partial charge is 0.252 e. The summed E-state index contributed by atoms with van der Waals surface area (Å²) in [4.78, 5) is 34.6. The van der Waals surface area contributed by atoms with E-state index in [-0.39, 0.29) is 11.8 Å². The van der Waals surface area contributed by atoms with Gasteiger partial charge in [-0.05, 0) is 87.8 Å². The lowest BCUT2D eigenvalue weighted by Crippen LogP contribution is -2.52. The van der Waals surface area contributed by atoms with Crippen LogP contribution in [0, 0.1) is 18.8 Å². The quantitative estimate of drug-likeness (QED) is 0.543. The summed E-state index contributed by atoms with van der Waals surface area (Å²) >= 11 is 0. The maximum atomic E-state index is 13.7. The third-order valence-electron chi connectivity index (χ3n) is 8.32. The van der Waals surface area contributed by atoms with Crippen molar-refractivity contribution in [3.8, 4) is 0 Å². The molecule has 2 N–H and O–H groups in total. The number of nitrogens with zero attached hydrogens (tertiary/aromatic N) is 2. The van der Waals surface area contributed by atoms with E-state index < -0.39 is 6.04 Å². The van der Waals surface area contributed by atoms with Crippen LogP contribution in [0.15, 0.2) is 54.7 Å². The number of aromatic nitrogens is 1. The molecule has 2 amide bonds. The summed E-state index contributed by atoms with van der Waals surface area (Å²) in [7, 11) is 2.20. The van der Waals surface area contributed by atoms with Crippen molar-refractivity contribution in [2.45, 2.75) is 45.1 Å². The van der Waals surface area contributed by atoms with E-state index >= 15 is 0 Å². The third kappa shape index (κ3) is 5.49. The van der Waals surface area contributed by atoms with Gasteiger partial charge in [0.25, 0.3) is 5.91 Å². The predicted molar refractivity (Wildman–Crippen MR) is 144 cm³/mol. The Hall–Kier alpha value is -3.12. The molecule has 2 fully saturated rings. The van der Waals surface area contributed by atoms with Gasteiger partial charge in [0.15, 0.2) is 0 Å². The number of H-pyrrole nitrogens is 1. The first-order valence-corrected chi connectivity index (χ1v) is 13.4. The van der Waals surface area contributed by atoms with Crippen molar-refractivity contribution in [3.05, 3.63) is 71.4 Å². The van der Waals surface area contributed by atoms with Crippen LogP contribution >= 0.6 is 0 Å². The number of fused-ring (bicyclic) bond motifs is 1. The van der Waals surface area contributed by atoms with E-state index in [0.717, 1.165) is 53.9 Å². The Kier molecular flexibility index (Phi) is 7.42. The fraction of sp³-hybridized carbons (Fsp3) is 0.467. The third-order valence-corrected chi connectivity index (χ3v) is 8.32. The molecule has 2 aromatic carbocycles. The molecule has 3 aromatic rings. The number of rotatable bonds is 6. The molecule has 6 nitrogen and oxygen atoms in total. The first-order chi connectivity index (χ1) is 17.5. The summed E-state index contributed by atoms with van der Waals surface area (Å²) in [5, 5.41) is 4.19. The van der Waals surface area contributed by atoms with Crippen molar-refractivity contribution < 1.29 is 9.59 Å². The van der Waals surface area contributed by atoms with Gasteiger partial charge in [-0.3, -0.25) is 9.59 Å². The van der Waals surface area contributed by atoms with Gasteiger partial charge in [-0.2, -0.15) is 0 Å². The van der Waals surface area contributed by atoms with Crippen molar-refractivity contribution in [2.75, 3.05) is 33.2 Å². The summed E-state index contributed by atoms with van der Waals surface area (Å²) in [5.41, 5.74) is 3.70. The van der Waals surface area contributed by atoms with Crippen LogP contribution in [-0.2, 0) is 11.2 Å². The van der Waals surface area contributed by atoms with Crippen molar-refractivity contribution in [3.63, 3.8) is 0 Å². The molecule has 3 heterocycles. The average Bonchev–Trinajstić information content (AvgIpc) is 3.29. The molecule has 6 heteroatoms. The molecule has 5 rings (SSSR count). The van der Waals surface area contributed by atoms with Gasteiger partial charge in [-0.25, -0.2) is 0 Å². The maximum Gasteiger partial charge on any atom is 0.252 e. The van der Waals surface area contributed by atoms with E-state index in [1.54, 1.807) is 0 Å². The molecule has 190 valence electrons. The summed E-state index contributed by atoms with van der Waals surface area (Å²) in [6.07, 6.45) is 7.11. The van der Waals surface area contributed by atoms with E-state index in [2.05, 4.69) is 22.2 Å². The number of hydrogen-bond acceptors (Lipinski definition) is 3. The number of carbonyl (C=O) groups excluding carboxylic acids is 2. The average molecular weight is 487 g/mol. The minimum Gasteiger partial charge on any atom is -0.361 e. The summed E-state index contributed by atoms with van der Waals surface area (Å²) < 4.78 is 0. The molecule has 0 aliphatic carbocycles. The molecule has 2 aliphatic rings. The van der Waals surface area contributed by atoms with Gasteiger partial charge in [0.2, 0.25) is 5.91 Å². The predicted octanol–water partition coefficient (Wildman–Crippen LogP) is 4.40. The highest BCUT2D eigenvalue weighted by Crippen LogP contribution is 2.32. The van der Waals surface area contributed by atoms with Gasteiger partial charge in [-0.1, -0.05) is 36.4 Å². The molecule has 2 aliphatic heterocycles. The zero-order valence-corrected chi connectivity index (χ0v) is 21.5. The second kappa shape index (κ2) is 10.9. The number of hydrogen-bond donors (Lipinski definition) is 2. The molecule has 0 spiro atoms. The fourth-order valence-electron chi connectivity index (χ4n) is 6.02. The van der Waals surface area contributed by atoms with Crippen LogP contribution in [0.4, 0.5) is 0 Å². The highest BCUT2D eigenvalue weighted by atomic mass is 16.2. The number of amides is 2. The Balaban J connectivity index is 1.27. The number of aromatic amines is 1. The van der Waals surface area contributed by atoms with Gasteiger partial charge < -0.3 is 20.1 Å². The maximum absolute atomic E-state index is 13.7. The molecule has 0 unspecified atom stereocenters. The lowest BCUT2D eigenvalue weighted by atomic mass is 9.79. The van der Waals surface area contributed by atoms with Gasteiger partial charge in [-0.15, -0.1) is 0 Å². The molecule has 1 aromatic heterocycles. The molecule has 0 saturated carbocycles. The Morgan fingerprint density at radius 3 is 2.33 bits per heavy atom. The molecule has 0 radical (unpaired) electrons. The van der Waals surface area contributed by atoms with Gasteiger partial charge >= 0.3 is 0 Å². The van der Waals surface area contributed by atoms with E-state index in [1.165, 1.54) is 25.9 Å². The van der Waals surface area contributed by atoms with Crippen molar-refractivity contribution in [1.82, 2.24) is 20.1 Å². The number of carbonyl (C=O) groups is 2. The van der Waals surface area contributed by atoms with E-state index in [4.69, 9.17) is 0 Å². The van der Waals surface area contributed by atoms with Crippen LogP contribution in [0.3, 0.4) is 0 Å². The highest BCUT2D eigenvalue weighted by Gasteiger charge is 2.33. The second-order valence-corrected chi connectivity index (χ2v) is 10.8. The minimum atomic E-state index is -0.583. The van der Waals surface area contributed by atoms with Crippen LogP contribution < -0.4 is 5.32 Å². The molecule has 36 heavy (non-hydrogen) atoms. The van der Waals surface area contributed by atoms with E-state index in [1.807, 2.05) is 66.6 Å². The Morgan fingerprint density at radius 2 is 1.64 bits per heavy atom. The van der Waals surface area contributed by atoms with E-state index in [0.29, 0.717) is 17.9 Å². The second-order valence-electron chi connectivity index (χ2n) is 10.8. The monoisotopic (exact) mass is 486 g/mol. The van der Waals surface area contributed by atoms with Crippen LogP contribution in [0.2, 0.25) is 0 Å². The standard InChI is InChI=1S/C30H38N4O2/c1-21-20-31-27-19-25(8-9-26(21)27)29(35)32-28(18-22-6-4-3-5-7-22)30(36)34-16-12-24(13-17-34)23-10-14-33(2)15-11-23/h3-9,19-20,23-24,28,31H,10-18H2,1-2H3,(H,32,35)/t28-/m1/s1. The fourth-order valence-corrected chi connectivity index (χ4v) is 6.02.